The van der Waals surface area contributed by atoms with Crippen LogP contribution in [0.25, 0.3) is 0 Å². The first-order valence-corrected chi connectivity index (χ1v) is 8.91. The number of rotatable bonds is 8. The standard InChI is InChI=1S/C12H15ClN2O3S2/c13-11-3-2-10(9-14)8-12(11)20(17,18)15-4-7-19-6-1-5-16/h2-3,8,15-16H,1,4-7H2. The minimum absolute atomic E-state index is 0.0847. The number of nitrogens with one attached hydrogen (secondary N) is 1. The Labute approximate surface area is 128 Å². The number of sulfonamides is 1. The number of hydrogen-bond donors (Lipinski definition) is 2. The van der Waals surface area contributed by atoms with Gasteiger partial charge in [-0.3, -0.25) is 0 Å². The third kappa shape index (κ3) is 5.31. The summed E-state index contributed by atoms with van der Waals surface area (Å²) in [6, 6.07) is 5.99. The molecule has 0 aromatic heterocycles. The molecule has 0 aliphatic heterocycles. The van der Waals surface area contributed by atoms with E-state index in [1.54, 1.807) is 11.8 Å². The molecule has 8 heteroatoms. The molecule has 5 nitrogen and oxygen atoms in total. The lowest BCUT2D eigenvalue weighted by Crippen LogP contribution is -2.26. The molecule has 0 bridgehead atoms. The van der Waals surface area contributed by atoms with Crippen LogP contribution >= 0.6 is 23.4 Å². The minimum atomic E-state index is -3.71. The molecular weight excluding hydrogens is 320 g/mol. The maximum atomic E-state index is 12.1. The molecule has 0 amide bonds. The largest absolute Gasteiger partial charge is 0.396 e. The fourth-order valence-electron chi connectivity index (χ4n) is 1.37. The monoisotopic (exact) mass is 334 g/mol. The molecule has 0 saturated heterocycles. The third-order valence-electron chi connectivity index (χ3n) is 2.34. The number of nitrogens with zero attached hydrogens (tertiary/aromatic N) is 1. The predicted molar refractivity (Wildman–Crippen MR) is 80.4 cm³/mol. The molecule has 20 heavy (non-hydrogen) atoms. The summed E-state index contributed by atoms with van der Waals surface area (Å²) in [4.78, 5) is -0.0847. The molecule has 1 rings (SSSR count). The van der Waals surface area contributed by atoms with Gasteiger partial charge in [0.05, 0.1) is 16.7 Å². The van der Waals surface area contributed by atoms with E-state index in [1.807, 2.05) is 6.07 Å². The average molecular weight is 335 g/mol. The Kier molecular flexibility index (Phi) is 7.34. The topological polar surface area (TPSA) is 90.2 Å². The smallest absolute Gasteiger partial charge is 0.242 e. The van der Waals surface area contributed by atoms with Gasteiger partial charge in [-0.25, -0.2) is 13.1 Å². The SMILES string of the molecule is N#Cc1ccc(Cl)c(S(=O)(=O)NCCSCCCO)c1. The van der Waals surface area contributed by atoms with Crippen LogP contribution in [-0.2, 0) is 10.0 Å². The van der Waals surface area contributed by atoms with Crippen LogP contribution in [0.15, 0.2) is 23.1 Å². The maximum Gasteiger partial charge on any atom is 0.242 e. The zero-order valence-electron chi connectivity index (χ0n) is 10.7. The summed E-state index contributed by atoms with van der Waals surface area (Å²) in [6.45, 7) is 0.404. The zero-order chi connectivity index (χ0) is 15.0. The summed E-state index contributed by atoms with van der Waals surface area (Å²) in [5.74, 6) is 1.39. The summed E-state index contributed by atoms with van der Waals surface area (Å²) in [5, 5.41) is 17.5. The lowest BCUT2D eigenvalue weighted by molar-refractivity contribution is 0.296. The number of halogens is 1. The number of aliphatic hydroxyl groups is 1. The molecule has 0 spiro atoms. The first-order valence-electron chi connectivity index (χ1n) is 5.89. The van der Waals surface area contributed by atoms with E-state index in [0.29, 0.717) is 12.2 Å². The lowest BCUT2D eigenvalue weighted by atomic mass is 10.2. The average Bonchev–Trinajstić information content (AvgIpc) is 2.43. The highest BCUT2D eigenvalue weighted by Gasteiger charge is 2.17. The van der Waals surface area contributed by atoms with Gasteiger partial charge in [-0.2, -0.15) is 17.0 Å². The van der Waals surface area contributed by atoms with Crippen molar-refractivity contribution in [2.24, 2.45) is 0 Å². The van der Waals surface area contributed by atoms with Crippen molar-refractivity contribution in [1.82, 2.24) is 4.72 Å². The first-order chi connectivity index (χ1) is 9.51. The summed E-state index contributed by atoms with van der Waals surface area (Å²) < 4.78 is 26.6. The Balaban J connectivity index is 2.63. The van der Waals surface area contributed by atoms with Crippen molar-refractivity contribution < 1.29 is 13.5 Å². The van der Waals surface area contributed by atoms with Crippen LogP contribution < -0.4 is 4.72 Å². The molecule has 0 unspecified atom stereocenters. The summed E-state index contributed by atoms with van der Waals surface area (Å²) in [7, 11) is -3.71. The van der Waals surface area contributed by atoms with E-state index < -0.39 is 10.0 Å². The van der Waals surface area contributed by atoms with Crippen molar-refractivity contribution in [1.29, 1.82) is 5.26 Å². The Hall–Kier alpha value is -0.780. The third-order valence-corrected chi connectivity index (χ3v) is 5.35. The Morgan fingerprint density at radius 2 is 2.15 bits per heavy atom. The molecule has 0 atom stereocenters. The number of nitriles is 1. The van der Waals surface area contributed by atoms with Gasteiger partial charge in [0.25, 0.3) is 0 Å². The fourth-order valence-corrected chi connectivity index (χ4v) is 3.84. The maximum absolute atomic E-state index is 12.1. The zero-order valence-corrected chi connectivity index (χ0v) is 13.1. The molecule has 1 aromatic carbocycles. The van der Waals surface area contributed by atoms with E-state index >= 15 is 0 Å². The van der Waals surface area contributed by atoms with Crippen LogP contribution in [0.2, 0.25) is 5.02 Å². The summed E-state index contributed by atoms with van der Waals surface area (Å²) in [6.07, 6.45) is 0.688. The van der Waals surface area contributed by atoms with Crippen molar-refractivity contribution >= 4 is 33.4 Å². The van der Waals surface area contributed by atoms with Gasteiger partial charge < -0.3 is 5.11 Å². The van der Waals surface area contributed by atoms with Gasteiger partial charge >= 0.3 is 0 Å². The highest BCUT2D eigenvalue weighted by molar-refractivity contribution is 7.99. The Morgan fingerprint density at radius 1 is 1.40 bits per heavy atom. The molecule has 0 saturated carbocycles. The molecular formula is C12H15ClN2O3S2. The molecule has 110 valence electrons. The quantitative estimate of drug-likeness (QED) is 0.705. The molecule has 1 aromatic rings. The highest BCUT2D eigenvalue weighted by atomic mass is 35.5. The Bertz CT molecular complexity index is 585. The summed E-state index contributed by atoms with van der Waals surface area (Å²) in [5.41, 5.74) is 0.243. The minimum Gasteiger partial charge on any atom is -0.396 e. The fraction of sp³-hybridized carbons (Fsp3) is 0.417. The van der Waals surface area contributed by atoms with Gasteiger partial charge in [0.2, 0.25) is 10.0 Å². The normalized spacial score (nSPS) is 11.2. The second-order valence-electron chi connectivity index (χ2n) is 3.84. The van der Waals surface area contributed by atoms with Crippen LogP contribution in [0.4, 0.5) is 0 Å². The number of benzene rings is 1. The predicted octanol–water partition coefficient (Wildman–Crippen LogP) is 1.61. The van der Waals surface area contributed by atoms with Crippen LogP contribution in [-0.4, -0.2) is 38.2 Å². The van der Waals surface area contributed by atoms with Crippen molar-refractivity contribution in [3.05, 3.63) is 28.8 Å². The van der Waals surface area contributed by atoms with E-state index in [2.05, 4.69) is 4.72 Å². The van der Waals surface area contributed by atoms with Crippen LogP contribution in [0.1, 0.15) is 12.0 Å². The van der Waals surface area contributed by atoms with Gasteiger partial charge in [-0.15, -0.1) is 0 Å². The van der Waals surface area contributed by atoms with Crippen molar-refractivity contribution in [3.8, 4) is 6.07 Å². The number of aliphatic hydroxyl groups excluding tert-OH is 1. The molecule has 2 N–H and O–H groups in total. The van der Waals surface area contributed by atoms with Crippen molar-refractivity contribution in [2.75, 3.05) is 24.7 Å². The lowest BCUT2D eigenvalue weighted by Gasteiger charge is -2.08. The Morgan fingerprint density at radius 3 is 2.80 bits per heavy atom. The molecule has 0 fully saturated rings. The van der Waals surface area contributed by atoms with E-state index in [1.165, 1.54) is 18.2 Å². The van der Waals surface area contributed by atoms with Crippen molar-refractivity contribution in [3.63, 3.8) is 0 Å². The van der Waals surface area contributed by atoms with Crippen molar-refractivity contribution in [2.45, 2.75) is 11.3 Å². The van der Waals surface area contributed by atoms with Gasteiger partial charge in [0.15, 0.2) is 0 Å². The van der Waals surface area contributed by atoms with E-state index in [0.717, 1.165) is 5.75 Å². The summed E-state index contributed by atoms with van der Waals surface area (Å²) >= 11 is 7.41. The van der Waals surface area contributed by atoms with E-state index in [-0.39, 0.29) is 28.6 Å². The van der Waals surface area contributed by atoms with Crippen LogP contribution in [0.3, 0.4) is 0 Å². The molecule has 0 radical (unpaired) electrons. The number of hydrogen-bond acceptors (Lipinski definition) is 5. The van der Waals surface area contributed by atoms with Gasteiger partial charge in [-0.05, 0) is 30.4 Å². The van der Waals surface area contributed by atoms with Crippen LogP contribution in [0, 0.1) is 11.3 Å². The van der Waals surface area contributed by atoms with E-state index in [4.69, 9.17) is 22.0 Å². The van der Waals surface area contributed by atoms with Crippen LogP contribution in [0.5, 0.6) is 0 Å². The second-order valence-corrected chi connectivity index (χ2v) is 7.21. The van der Waals surface area contributed by atoms with Gasteiger partial charge in [0, 0.05) is 18.9 Å². The number of thioether (sulfide) groups is 1. The van der Waals surface area contributed by atoms with Gasteiger partial charge in [0.1, 0.15) is 4.90 Å². The first kappa shape index (κ1) is 17.3. The molecule has 0 aliphatic rings. The molecule has 0 heterocycles. The highest BCUT2D eigenvalue weighted by Crippen LogP contribution is 2.22. The molecule has 0 aliphatic carbocycles. The van der Waals surface area contributed by atoms with Gasteiger partial charge in [-0.1, -0.05) is 11.6 Å². The second kappa shape index (κ2) is 8.49. The van der Waals surface area contributed by atoms with E-state index in [9.17, 15) is 8.42 Å².